The molecule has 1 aliphatic heterocycles. The lowest BCUT2D eigenvalue weighted by molar-refractivity contribution is -0.134. The third-order valence-corrected chi connectivity index (χ3v) is 5.18. The zero-order valence-electron chi connectivity index (χ0n) is 12.4. The van der Waals surface area contributed by atoms with Crippen molar-refractivity contribution in [2.45, 2.75) is 19.4 Å². The van der Waals surface area contributed by atoms with Crippen LogP contribution in [0.25, 0.3) is 0 Å². The van der Waals surface area contributed by atoms with Gasteiger partial charge in [-0.05, 0) is 37.6 Å². The Morgan fingerprint density at radius 1 is 1.26 bits per heavy atom. The van der Waals surface area contributed by atoms with E-state index < -0.39 is 39.5 Å². The van der Waals surface area contributed by atoms with E-state index in [0.717, 1.165) is 0 Å². The average molecular weight is 344 g/mol. The van der Waals surface area contributed by atoms with Crippen LogP contribution in [-0.4, -0.2) is 37.8 Å². The fraction of sp³-hybridized carbons (Fsp3) is 0.429. The van der Waals surface area contributed by atoms with Gasteiger partial charge in [0.2, 0.25) is 5.91 Å². The van der Waals surface area contributed by atoms with Gasteiger partial charge >= 0.3 is 0 Å². The van der Waals surface area contributed by atoms with E-state index in [1.54, 1.807) is 0 Å². The molecule has 1 fully saturated rings. The Kier molecular flexibility index (Phi) is 5.19. The molecule has 1 aromatic carbocycles. The molecule has 1 aromatic rings. The first-order chi connectivity index (χ1) is 10.8. The van der Waals surface area contributed by atoms with Gasteiger partial charge in [0.15, 0.2) is 15.9 Å². The first-order valence-corrected chi connectivity index (χ1v) is 8.81. The summed E-state index contributed by atoms with van der Waals surface area (Å²) in [7, 11) is -3.17. The van der Waals surface area contributed by atoms with Crippen LogP contribution in [0.1, 0.15) is 13.3 Å². The van der Waals surface area contributed by atoms with Crippen molar-refractivity contribution in [3.05, 3.63) is 30.1 Å². The van der Waals surface area contributed by atoms with E-state index in [2.05, 4.69) is 10.9 Å². The van der Waals surface area contributed by atoms with Gasteiger partial charge in [-0.25, -0.2) is 12.8 Å². The van der Waals surface area contributed by atoms with Crippen LogP contribution in [0.2, 0.25) is 0 Å². The summed E-state index contributed by atoms with van der Waals surface area (Å²) in [4.78, 5) is 23.6. The Morgan fingerprint density at radius 3 is 2.48 bits per heavy atom. The first kappa shape index (κ1) is 17.2. The molecule has 1 saturated heterocycles. The lowest BCUT2D eigenvalue weighted by Crippen LogP contribution is -2.49. The van der Waals surface area contributed by atoms with E-state index in [0.29, 0.717) is 5.75 Å². The molecule has 0 saturated carbocycles. The number of amides is 2. The Bertz CT molecular complexity index is 690. The number of halogens is 1. The van der Waals surface area contributed by atoms with Crippen LogP contribution in [0.3, 0.4) is 0 Å². The third-order valence-electron chi connectivity index (χ3n) is 3.41. The van der Waals surface area contributed by atoms with Crippen molar-refractivity contribution in [3.63, 3.8) is 0 Å². The van der Waals surface area contributed by atoms with Crippen molar-refractivity contribution < 1.29 is 27.1 Å². The predicted molar refractivity (Wildman–Crippen MR) is 79.5 cm³/mol. The van der Waals surface area contributed by atoms with Crippen molar-refractivity contribution >= 4 is 21.7 Å². The van der Waals surface area contributed by atoms with Gasteiger partial charge in [-0.2, -0.15) is 0 Å². The second kappa shape index (κ2) is 6.95. The van der Waals surface area contributed by atoms with Gasteiger partial charge in [0.1, 0.15) is 11.6 Å². The molecule has 0 unspecified atom stereocenters. The summed E-state index contributed by atoms with van der Waals surface area (Å²) in [5.41, 5.74) is 4.38. The molecule has 2 atom stereocenters. The van der Waals surface area contributed by atoms with Crippen molar-refractivity contribution in [2.75, 3.05) is 11.5 Å². The monoisotopic (exact) mass is 344 g/mol. The number of benzene rings is 1. The highest BCUT2D eigenvalue weighted by molar-refractivity contribution is 7.91. The molecular formula is C14H17FN2O5S. The molecule has 7 nitrogen and oxygen atoms in total. The number of carbonyl (C=O) groups is 2. The standard InChI is InChI=1S/C14H17FN2O5S/c1-9(22-12-4-2-11(15)3-5-12)13(18)16-17-14(19)10-6-7-23(20,21)8-10/h2-5,9-10H,6-8H2,1H3,(H,16,18)(H,17,19)/t9-,10+/m0/s1. The molecule has 0 aliphatic carbocycles. The number of nitrogens with one attached hydrogen (secondary N) is 2. The Balaban J connectivity index is 1.80. The Labute approximate surface area is 133 Å². The minimum absolute atomic E-state index is 0.0247. The van der Waals surface area contributed by atoms with E-state index >= 15 is 0 Å². The molecule has 0 spiro atoms. The van der Waals surface area contributed by atoms with E-state index in [4.69, 9.17) is 4.74 Å². The summed E-state index contributed by atoms with van der Waals surface area (Å²) in [5.74, 6) is -2.17. The van der Waals surface area contributed by atoms with Gasteiger partial charge in [0.05, 0.1) is 17.4 Å². The second-order valence-corrected chi connectivity index (χ2v) is 7.52. The van der Waals surface area contributed by atoms with E-state index in [1.807, 2.05) is 0 Å². The van der Waals surface area contributed by atoms with Gasteiger partial charge < -0.3 is 4.74 Å². The maximum Gasteiger partial charge on any atom is 0.279 e. The molecular weight excluding hydrogens is 327 g/mol. The molecule has 23 heavy (non-hydrogen) atoms. The Hall–Kier alpha value is -2.16. The quantitative estimate of drug-likeness (QED) is 0.759. The van der Waals surface area contributed by atoms with Crippen LogP contribution >= 0.6 is 0 Å². The predicted octanol–water partition coefficient (Wildman–Crippen LogP) is 0.175. The van der Waals surface area contributed by atoms with Gasteiger partial charge in [-0.15, -0.1) is 0 Å². The third kappa shape index (κ3) is 4.92. The molecule has 9 heteroatoms. The first-order valence-electron chi connectivity index (χ1n) is 6.99. The van der Waals surface area contributed by atoms with Crippen LogP contribution in [0, 0.1) is 11.7 Å². The van der Waals surface area contributed by atoms with Crippen LogP contribution in [-0.2, 0) is 19.4 Å². The smallest absolute Gasteiger partial charge is 0.279 e. The summed E-state index contributed by atoms with van der Waals surface area (Å²) in [6.07, 6.45) is -0.681. The molecule has 0 bridgehead atoms. The fourth-order valence-corrected chi connectivity index (χ4v) is 3.84. The van der Waals surface area contributed by atoms with E-state index in [-0.39, 0.29) is 17.9 Å². The number of sulfone groups is 1. The highest BCUT2D eigenvalue weighted by Crippen LogP contribution is 2.18. The summed E-state index contributed by atoms with van der Waals surface area (Å²) in [6.45, 7) is 1.46. The summed E-state index contributed by atoms with van der Waals surface area (Å²) in [6, 6.07) is 5.15. The molecule has 126 valence electrons. The second-order valence-electron chi connectivity index (χ2n) is 5.29. The fourth-order valence-electron chi connectivity index (χ4n) is 2.10. The zero-order chi connectivity index (χ0) is 17.0. The van der Waals surface area contributed by atoms with Gasteiger partial charge in [0, 0.05) is 0 Å². The summed E-state index contributed by atoms with van der Waals surface area (Å²) in [5, 5.41) is 0. The number of ether oxygens (including phenoxy) is 1. The number of hydrogen-bond acceptors (Lipinski definition) is 5. The average Bonchev–Trinajstić information content (AvgIpc) is 2.87. The van der Waals surface area contributed by atoms with Gasteiger partial charge in [-0.3, -0.25) is 20.4 Å². The highest BCUT2D eigenvalue weighted by Gasteiger charge is 2.33. The molecule has 1 heterocycles. The van der Waals surface area contributed by atoms with Crippen LogP contribution < -0.4 is 15.6 Å². The SMILES string of the molecule is C[C@H](Oc1ccc(F)cc1)C(=O)NNC(=O)[C@@H]1CCS(=O)(=O)C1. The van der Waals surface area contributed by atoms with E-state index in [9.17, 15) is 22.4 Å². The van der Waals surface area contributed by atoms with Crippen LogP contribution in [0.5, 0.6) is 5.75 Å². The van der Waals surface area contributed by atoms with Crippen molar-refractivity contribution in [1.29, 1.82) is 0 Å². The molecule has 0 radical (unpaired) electrons. The van der Waals surface area contributed by atoms with Crippen molar-refractivity contribution in [3.8, 4) is 5.75 Å². The van der Waals surface area contributed by atoms with E-state index in [1.165, 1.54) is 31.2 Å². The van der Waals surface area contributed by atoms with Crippen molar-refractivity contribution in [1.82, 2.24) is 10.9 Å². The van der Waals surface area contributed by atoms with Gasteiger partial charge in [0.25, 0.3) is 5.91 Å². The molecule has 2 rings (SSSR count). The van der Waals surface area contributed by atoms with Gasteiger partial charge in [-0.1, -0.05) is 0 Å². The molecule has 2 N–H and O–H groups in total. The minimum Gasteiger partial charge on any atom is -0.481 e. The Morgan fingerprint density at radius 2 is 1.91 bits per heavy atom. The lowest BCUT2D eigenvalue weighted by atomic mass is 10.1. The number of hydrogen-bond donors (Lipinski definition) is 2. The maximum atomic E-state index is 12.8. The summed E-state index contributed by atoms with van der Waals surface area (Å²) >= 11 is 0. The highest BCUT2D eigenvalue weighted by atomic mass is 32.2. The van der Waals surface area contributed by atoms with Crippen molar-refractivity contribution in [2.24, 2.45) is 5.92 Å². The topological polar surface area (TPSA) is 102 Å². The molecule has 1 aliphatic rings. The number of hydrazine groups is 1. The largest absolute Gasteiger partial charge is 0.481 e. The number of rotatable bonds is 4. The minimum atomic E-state index is -3.17. The lowest BCUT2D eigenvalue weighted by Gasteiger charge is -2.16. The molecule has 0 aromatic heterocycles. The summed E-state index contributed by atoms with van der Waals surface area (Å²) < 4.78 is 40.7. The normalized spacial score (nSPS) is 20.5. The maximum absolute atomic E-state index is 12.8. The zero-order valence-corrected chi connectivity index (χ0v) is 13.2. The molecule has 2 amide bonds. The number of carbonyl (C=O) groups excluding carboxylic acids is 2. The van der Waals surface area contributed by atoms with Crippen LogP contribution in [0.15, 0.2) is 24.3 Å². The van der Waals surface area contributed by atoms with Crippen LogP contribution in [0.4, 0.5) is 4.39 Å².